The lowest BCUT2D eigenvalue weighted by atomic mass is 10.2. The number of ketones is 1. The van der Waals surface area contributed by atoms with Crippen molar-refractivity contribution >= 4 is 5.78 Å². The second-order valence-corrected chi connectivity index (χ2v) is 3.68. The summed E-state index contributed by atoms with van der Waals surface area (Å²) in [7, 11) is 0. The van der Waals surface area contributed by atoms with Gasteiger partial charge in [-0.05, 0) is 18.6 Å². The smallest absolute Gasteiger partial charge is 0.166 e. The van der Waals surface area contributed by atoms with Crippen molar-refractivity contribution in [1.29, 1.82) is 0 Å². The molecule has 0 fully saturated rings. The van der Waals surface area contributed by atoms with Gasteiger partial charge in [0, 0.05) is 6.42 Å². The fourth-order valence-corrected chi connectivity index (χ4v) is 2.01. The predicted octanol–water partition coefficient (Wildman–Crippen LogP) is 2.00. The first-order chi connectivity index (χ1) is 7.36. The van der Waals surface area contributed by atoms with Crippen LogP contribution >= 0.6 is 0 Å². The van der Waals surface area contributed by atoms with Gasteiger partial charge in [0.05, 0.1) is 23.1 Å². The predicted molar refractivity (Wildman–Crippen MR) is 56.2 cm³/mol. The molecule has 74 valence electrons. The third-order valence-corrected chi connectivity index (χ3v) is 2.76. The molecule has 0 saturated heterocycles. The molecule has 1 heterocycles. The van der Waals surface area contributed by atoms with Crippen LogP contribution in [0.2, 0.25) is 0 Å². The second-order valence-electron chi connectivity index (χ2n) is 3.68. The fourth-order valence-electron chi connectivity index (χ4n) is 2.01. The van der Waals surface area contributed by atoms with Crippen molar-refractivity contribution in [3.05, 3.63) is 47.8 Å². The topological polar surface area (TPSA) is 34.9 Å². The Balaban J connectivity index is 2.16. The first-order valence-electron chi connectivity index (χ1n) is 5.02. The minimum absolute atomic E-state index is 0.215. The van der Waals surface area contributed by atoms with Crippen molar-refractivity contribution in [3.63, 3.8) is 0 Å². The van der Waals surface area contributed by atoms with Crippen molar-refractivity contribution in [2.75, 3.05) is 0 Å². The highest BCUT2D eigenvalue weighted by atomic mass is 16.1. The summed E-state index contributed by atoms with van der Waals surface area (Å²) in [4.78, 5) is 11.5. The van der Waals surface area contributed by atoms with E-state index in [0.717, 1.165) is 23.4 Å². The molecule has 0 radical (unpaired) electrons. The largest absolute Gasteiger partial charge is 0.294 e. The van der Waals surface area contributed by atoms with Crippen LogP contribution in [0.15, 0.2) is 36.5 Å². The van der Waals surface area contributed by atoms with E-state index in [-0.39, 0.29) is 5.78 Å². The zero-order valence-corrected chi connectivity index (χ0v) is 8.18. The van der Waals surface area contributed by atoms with E-state index in [2.05, 4.69) is 5.10 Å². The highest BCUT2D eigenvalue weighted by Crippen LogP contribution is 2.23. The van der Waals surface area contributed by atoms with Crippen molar-refractivity contribution in [3.8, 4) is 5.69 Å². The van der Waals surface area contributed by atoms with Crippen molar-refractivity contribution in [1.82, 2.24) is 9.78 Å². The van der Waals surface area contributed by atoms with Crippen molar-refractivity contribution < 1.29 is 4.79 Å². The van der Waals surface area contributed by atoms with Gasteiger partial charge in [0.25, 0.3) is 0 Å². The third kappa shape index (κ3) is 1.20. The molecule has 1 aliphatic carbocycles. The molecule has 0 aliphatic heterocycles. The molecule has 1 aromatic heterocycles. The van der Waals surface area contributed by atoms with E-state index in [9.17, 15) is 4.79 Å². The maximum atomic E-state index is 11.5. The lowest BCUT2D eigenvalue weighted by Gasteiger charge is -2.03. The highest BCUT2D eigenvalue weighted by Gasteiger charge is 2.24. The number of Topliss-reactive ketones (excluding diaryl/α,β-unsaturated/α-hetero) is 1. The van der Waals surface area contributed by atoms with Gasteiger partial charge in [-0.15, -0.1) is 0 Å². The molecule has 1 aliphatic rings. The Morgan fingerprint density at radius 1 is 1.13 bits per heavy atom. The molecule has 0 unspecified atom stereocenters. The second kappa shape index (κ2) is 3.05. The number of benzene rings is 1. The molecular formula is C12H10N2O. The first-order valence-corrected chi connectivity index (χ1v) is 5.02. The summed E-state index contributed by atoms with van der Waals surface area (Å²) in [6.45, 7) is 0. The molecule has 3 heteroatoms. The van der Waals surface area contributed by atoms with E-state index in [1.807, 2.05) is 35.0 Å². The molecule has 0 amide bonds. The summed E-state index contributed by atoms with van der Waals surface area (Å²) in [5, 5.41) is 4.25. The van der Waals surface area contributed by atoms with Crippen LogP contribution in [-0.2, 0) is 6.42 Å². The summed E-state index contributed by atoms with van der Waals surface area (Å²) in [6, 6.07) is 9.91. The van der Waals surface area contributed by atoms with Gasteiger partial charge in [-0.2, -0.15) is 5.10 Å². The quantitative estimate of drug-likeness (QED) is 0.702. The Labute approximate surface area is 87.3 Å². The normalized spacial score (nSPS) is 14.3. The van der Waals surface area contributed by atoms with Gasteiger partial charge in [0.15, 0.2) is 5.78 Å². The van der Waals surface area contributed by atoms with Crippen LogP contribution in [-0.4, -0.2) is 15.6 Å². The number of hydrogen-bond acceptors (Lipinski definition) is 2. The van der Waals surface area contributed by atoms with E-state index in [1.54, 1.807) is 6.20 Å². The van der Waals surface area contributed by atoms with Gasteiger partial charge in [-0.1, -0.05) is 18.2 Å². The number of hydrogen-bond donors (Lipinski definition) is 0. The van der Waals surface area contributed by atoms with Crippen LogP contribution in [0.3, 0.4) is 0 Å². The SMILES string of the molecule is O=C1CCc2c1cnn2-c1ccccc1. The summed E-state index contributed by atoms with van der Waals surface area (Å²) in [5.41, 5.74) is 2.86. The zero-order chi connectivity index (χ0) is 10.3. The number of fused-ring (bicyclic) bond motifs is 1. The Morgan fingerprint density at radius 3 is 2.73 bits per heavy atom. The summed E-state index contributed by atoms with van der Waals surface area (Å²) in [6.07, 6.45) is 3.11. The summed E-state index contributed by atoms with van der Waals surface area (Å²) >= 11 is 0. The van der Waals surface area contributed by atoms with E-state index < -0.39 is 0 Å². The average Bonchev–Trinajstić information content (AvgIpc) is 2.83. The highest BCUT2D eigenvalue weighted by molar-refractivity contribution is 5.99. The van der Waals surface area contributed by atoms with Gasteiger partial charge in [-0.3, -0.25) is 4.79 Å². The molecule has 0 N–H and O–H groups in total. The number of para-hydroxylation sites is 1. The van der Waals surface area contributed by atoms with E-state index in [4.69, 9.17) is 0 Å². The number of nitrogens with zero attached hydrogens (tertiary/aromatic N) is 2. The number of aromatic nitrogens is 2. The fraction of sp³-hybridized carbons (Fsp3) is 0.167. The Hall–Kier alpha value is -1.90. The van der Waals surface area contributed by atoms with Crippen LogP contribution < -0.4 is 0 Å². The summed E-state index contributed by atoms with van der Waals surface area (Å²) in [5.74, 6) is 0.215. The van der Waals surface area contributed by atoms with E-state index in [1.165, 1.54) is 0 Å². The van der Waals surface area contributed by atoms with Gasteiger partial charge < -0.3 is 0 Å². The maximum absolute atomic E-state index is 11.5. The van der Waals surface area contributed by atoms with Crippen LogP contribution in [0.25, 0.3) is 5.69 Å². The Morgan fingerprint density at radius 2 is 1.93 bits per heavy atom. The molecular weight excluding hydrogens is 188 g/mol. The number of carbonyl (C=O) groups is 1. The monoisotopic (exact) mass is 198 g/mol. The molecule has 3 nitrogen and oxygen atoms in total. The van der Waals surface area contributed by atoms with Gasteiger partial charge in [0.2, 0.25) is 0 Å². The molecule has 3 rings (SSSR count). The van der Waals surface area contributed by atoms with Crippen molar-refractivity contribution in [2.45, 2.75) is 12.8 Å². The molecule has 15 heavy (non-hydrogen) atoms. The van der Waals surface area contributed by atoms with E-state index >= 15 is 0 Å². The number of rotatable bonds is 1. The van der Waals surface area contributed by atoms with Crippen LogP contribution in [0.5, 0.6) is 0 Å². The van der Waals surface area contributed by atoms with Gasteiger partial charge >= 0.3 is 0 Å². The van der Waals surface area contributed by atoms with E-state index in [0.29, 0.717) is 6.42 Å². The lowest BCUT2D eigenvalue weighted by molar-refractivity contribution is 0.0994. The lowest BCUT2D eigenvalue weighted by Crippen LogP contribution is -2.00. The van der Waals surface area contributed by atoms with Crippen molar-refractivity contribution in [2.24, 2.45) is 0 Å². The molecule has 1 aromatic carbocycles. The Kier molecular flexibility index (Phi) is 1.71. The third-order valence-electron chi connectivity index (χ3n) is 2.76. The summed E-state index contributed by atoms with van der Waals surface area (Å²) < 4.78 is 1.86. The molecule has 0 spiro atoms. The first kappa shape index (κ1) is 8.41. The number of carbonyl (C=O) groups excluding carboxylic acids is 1. The molecule has 0 bridgehead atoms. The molecule has 0 atom stereocenters. The van der Waals surface area contributed by atoms with Gasteiger partial charge in [0.1, 0.15) is 0 Å². The Bertz CT molecular complexity index is 514. The standard InChI is InChI=1S/C12H10N2O/c15-12-7-6-11-10(12)8-13-14(11)9-4-2-1-3-5-9/h1-5,8H,6-7H2. The molecule has 2 aromatic rings. The average molecular weight is 198 g/mol. The van der Waals surface area contributed by atoms with Crippen LogP contribution in [0.1, 0.15) is 22.5 Å². The van der Waals surface area contributed by atoms with Crippen LogP contribution in [0.4, 0.5) is 0 Å². The van der Waals surface area contributed by atoms with Gasteiger partial charge in [-0.25, -0.2) is 4.68 Å². The minimum Gasteiger partial charge on any atom is -0.294 e. The minimum atomic E-state index is 0.215. The van der Waals surface area contributed by atoms with Crippen LogP contribution in [0, 0.1) is 0 Å². The molecule has 0 saturated carbocycles. The maximum Gasteiger partial charge on any atom is 0.166 e. The zero-order valence-electron chi connectivity index (χ0n) is 8.18.